The molecule has 2 heteroatoms. The van der Waals surface area contributed by atoms with E-state index in [-0.39, 0.29) is 6.04 Å². The summed E-state index contributed by atoms with van der Waals surface area (Å²) in [6.45, 7) is 3.83. The lowest BCUT2D eigenvalue weighted by Crippen LogP contribution is -2.22. The molecule has 0 aliphatic rings. The Kier molecular flexibility index (Phi) is 6.71. The van der Waals surface area contributed by atoms with Gasteiger partial charge in [-0.1, -0.05) is 68.7 Å². The van der Waals surface area contributed by atoms with E-state index in [2.05, 4.69) is 54.7 Å². The lowest BCUT2D eigenvalue weighted by molar-refractivity contribution is 0.110. The Hall–Kier alpha value is -1.38. The summed E-state index contributed by atoms with van der Waals surface area (Å²) in [7, 11) is 2.01. The molecule has 2 nitrogen and oxygen atoms in total. The first-order chi connectivity index (χ1) is 10.4. The van der Waals surface area contributed by atoms with Gasteiger partial charge in [0.2, 0.25) is 0 Å². The molecule has 0 aromatic heterocycles. The van der Waals surface area contributed by atoms with Gasteiger partial charge in [-0.2, -0.15) is 0 Å². The fourth-order valence-corrected chi connectivity index (χ4v) is 2.72. The summed E-state index contributed by atoms with van der Waals surface area (Å²) in [5.74, 6) is 0. The van der Waals surface area contributed by atoms with E-state index in [1.165, 1.54) is 42.0 Å². The maximum absolute atomic E-state index is 5.87. The average molecular weight is 285 g/mol. The SMILES string of the molecule is CCCCCCOCC(NC)c1cccc2ccccc12. The Morgan fingerprint density at radius 1 is 1.00 bits per heavy atom. The van der Waals surface area contributed by atoms with Gasteiger partial charge in [-0.25, -0.2) is 0 Å². The van der Waals surface area contributed by atoms with Crippen molar-refractivity contribution < 1.29 is 4.74 Å². The standard InChI is InChI=1S/C19H27NO/c1-3-4-5-8-14-21-15-19(20-2)18-13-9-11-16-10-6-7-12-17(16)18/h6-7,9-13,19-20H,3-5,8,14-15H2,1-2H3. The van der Waals surface area contributed by atoms with Gasteiger partial charge in [0.25, 0.3) is 0 Å². The topological polar surface area (TPSA) is 21.3 Å². The molecule has 0 amide bonds. The smallest absolute Gasteiger partial charge is 0.0661 e. The Morgan fingerprint density at radius 3 is 2.62 bits per heavy atom. The molecule has 2 aromatic rings. The third-order valence-electron chi connectivity index (χ3n) is 3.97. The summed E-state index contributed by atoms with van der Waals surface area (Å²) in [5, 5.41) is 5.99. The number of fused-ring (bicyclic) bond motifs is 1. The number of benzene rings is 2. The highest BCUT2D eigenvalue weighted by molar-refractivity contribution is 5.86. The van der Waals surface area contributed by atoms with Crippen molar-refractivity contribution in [1.82, 2.24) is 5.32 Å². The fraction of sp³-hybridized carbons (Fsp3) is 0.474. The molecular weight excluding hydrogens is 258 g/mol. The van der Waals surface area contributed by atoms with Crippen LogP contribution in [0.1, 0.15) is 44.2 Å². The molecule has 1 N–H and O–H groups in total. The van der Waals surface area contributed by atoms with Gasteiger partial charge in [-0.3, -0.25) is 0 Å². The van der Waals surface area contributed by atoms with E-state index in [1.807, 2.05) is 7.05 Å². The predicted molar refractivity (Wildman–Crippen MR) is 90.7 cm³/mol. The minimum atomic E-state index is 0.252. The van der Waals surface area contributed by atoms with Crippen molar-refractivity contribution in [3.05, 3.63) is 48.0 Å². The summed E-state index contributed by atoms with van der Waals surface area (Å²) < 4.78 is 5.87. The van der Waals surface area contributed by atoms with E-state index in [4.69, 9.17) is 4.74 Å². The van der Waals surface area contributed by atoms with Gasteiger partial charge in [0, 0.05) is 6.61 Å². The number of likely N-dealkylation sites (N-methyl/N-ethyl adjacent to an activating group) is 1. The molecule has 0 saturated carbocycles. The molecule has 0 saturated heterocycles. The highest BCUT2D eigenvalue weighted by Crippen LogP contribution is 2.24. The summed E-state index contributed by atoms with van der Waals surface area (Å²) in [5.41, 5.74) is 1.32. The van der Waals surface area contributed by atoms with Gasteiger partial charge in [0.15, 0.2) is 0 Å². The average Bonchev–Trinajstić information content (AvgIpc) is 2.54. The van der Waals surface area contributed by atoms with Crippen molar-refractivity contribution >= 4 is 10.8 Å². The van der Waals surface area contributed by atoms with Crippen molar-refractivity contribution in [1.29, 1.82) is 0 Å². The molecule has 1 unspecified atom stereocenters. The third kappa shape index (κ3) is 4.55. The van der Waals surface area contributed by atoms with Crippen molar-refractivity contribution in [2.75, 3.05) is 20.3 Å². The molecule has 2 aromatic carbocycles. The second-order valence-corrected chi connectivity index (χ2v) is 5.55. The zero-order valence-corrected chi connectivity index (χ0v) is 13.3. The predicted octanol–water partition coefficient (Wildman–Crippen LogP) is 4.70. The molecule has 1 atom stereocenters. The lowest BCUT2D eigenvalue weighted by atomic mass is 9.99. The van der Waals surface area contributed by atoms with Gasteiger partial charge < -0.3 is 10.1 Å². The van der Waals surface area contributed by atoms with Gasteiger partial charge in [-0.15, -0.1) is 0 Å². The first kappa shape index (κ1) is 16.0. The molecule has 21 heavy (non-hydrogen) atoms. The van der Waals surface area contributed by atoms with Gasteiger partial charge in [0.1, 0.15) is 0 Å². The number of hydrogen-bond donors (Lipinski definition) is 1. The number of hydrogen-bond acceptors (Lipinski definition) is 2. The maximum Gasteiger partial charge on any atom is 0.0661 e. The van der Waals surface area contributed by atoms with Crippen molar-refractivity contribution in [2.45, 2.75) is 38.6 Å². The highest BCUT2D eigenvalue weighted by atomic mass is 16.5. The first-order valence-corrected chi connectivity index (χ1v) is 8.09. The van der Waals surface area contributed by atoms with Crippen molar-refractivity contribution in [3.63, 3.8) is 0 Å². The van der Waals surface area contributed by atoms with E-state index in [1.54, 1.807) is 0 Å². The molecule has 114 valence electrons. The second-order valence-electron chi connectivity index (χ2n) is 5.55. The summed E-state index contributed by atoms with van der Waals surface area (Å²) >= 11 is 0. The minimum absolute atomic E-state index is 0.252. The molecule has 0 fully saturated rings. The molecule has 0 spiro atoms. The molecule has 0 aliphatic heterocycles. The normalized spacial score (nSPS) is 12.7. The largest absolute Gasteiger partial charge is 0.379 e. The Balaban J connectivity index is 1.96. The van der Waals surface area contributed by atoms with Crippen molar-refractivity contribution in [3.8, 4) is 0 Å². The number of unbranched alkanes of at least 4 members (excludes halogenated alkanes) is 3. The lowest BCUT2D eigenvalue weighted by Gasteiger charge is -2.19. The van der Waals surface area contributed by atoms with Crippen LogP contribution in [-0.2, 0) is 4.74 Å². The number of nitrogens with one attached hydrogen (secondary N) is 1. The maximum atomic E-state index is 5.87. The molecule has 0 heterocycles. The van der Waals surface area contributed by atoms with Gasteiger partial charge in [0.05, 0.1) is 12.6 Å². The van der Waals surface area contributed by atoms with Crippen LogP contribution in [0.2, 0.25) is 0 Å². The van der Waals surface area contributed by atoms with Crippen LogP contribution in [0.4, 0.5) is 0 Å². The van der Waals surface area contributed by atoms with E-state index < -0.39 is 0 Å². The quantitative estimate of drug-likeness (QED) is 0.674. The zero-order valence-electron chi connectivity index (χ0n) is 13.3. The van der Waals surface area contributed by atoms with Crippen LogP contribution in [0.15, 0.2) is 42.5 Å². The fourth-order valence-electron chi connectivity index (χ4n) is 2.72. The zero-order chi connectivity index (χ0) is 14.9. The third-order valence-corrected chi connectivity index (χ3v) is 3.97. The Labute approximate surface area is 128 Å². The molecular formula is C19H27NO. The van der Waals surface area contributed by atoms with Crippen LogP contribution in [0.3, 0.4) is 0 Å². The summed E-state index contributed by atoms with van der Waals surface area (Å²) in [6.07, 6.45) is 5.02. The van der Waals surface area contributed by atoms with E-state index in [9.17, 15) is 0 Å². The van der Waals surface area contributed by atoms with Crippen LogP contribution < -0.4 is 5.32 Å². The van der Waals surface area contributed by atoms with Crippen molar-refractivity contribution in [2.24, 2.45) is 0 Å². The molecule has 2 rings (SSSR count). The van der Waals surface area contributed by atoms with Gasteiger partial charge >= 0.3 is 0 Å². The van der Waals surface area contributed by atoms with Crippen LogP contribution >= 0.6 is 0 Å². The number of rotatable bonds is 9. The van der Waals surface area contributed by atoms with Crippen LogP contribution in [0, 0.1) is 0 Å². The molecule has 0 aliphatic carbocycles. The van der Waals surface area contributed by atoms with Crippen LogP contribution in [0.25, 0.3) is 10.8 Å². The van der Waals surface area contributed by atoms with Gasteiger partial charge in [-0.05, 0) is 29.8 Å². The Bertz CT molecular complexity index is 533. The summed E-state index contributed by atoms with van der Waals surface area (Å²) in [4.78, 5) is 0. The monoisotopic (exact) mass is 285 g/mol. The van der Waals surface area contributed by atoms with Crippen LogP contribution in [-0.4, -0.2) is 20.3 Å². The van der Waals surface area contributed by atoms with E-state index >= 15 is 0 Å². The number of ether oxygens (including phenoxy) is 1. The van der Waals surface area contributed by atoms with Crippen LogP contribution in [0.5, 0.6) is 0 Å². The molecule has 0 radical (unpaired) electrons. The molecule has 0 bridgehead atoms. The van der Waals surface area contributed by atoms with E-state index in [0.717, 1.165) is 13.2 Å². The summed E-state index contributed by atoms with van der Waals surface area (Å²) in [6, 6.07) is 15.3. The Morgan fingerprint density at radius 2 is 1.81 bits per heavy atom. The van der Waals surface area contributed by atoms with E-state index in [0.29, 0.717) is 0 Å². The minimum Gasteiger partial charge on any atom is -0.379 e. The first-order valence-electron chi connectivity index (χ1n) is 8.09. The second kappa shape index (κ2) is 8.81. The highest BCUT2D eigenvalue weighted by Gasteiger charge is 2.12.